The quantitative estimate of drug-likeness (QED) is 0.552. The molecule has 158 valence electrons. The topological polar surface area (TPSA) is 78.2 Å². The molecule has 31 heavy (non-hydrogen) atoms. The van der Waals surface area contributed by atoms with Gasteiger partial charge in [-0.3, -0.25) is 9.50 Å². The number of piperidine rings is 1. The second-order valence-corrected chi connectivity index (χ2v) is 8.82. The molecule has 2 aliphatic heterocycles. The number of hydrogen-bond acceptors (Lipinski definition) is 6. The molecule has 6 heterocycles. The minimum atomic E-state index is 0.435. The predicted octanol–water partition coefficient (Wildman–Crippen LogP) is 3.35. The minimum Gasteiger partial charge on any atom is -0.370 e. The van der Waals surface area contributed by atoms with Gasteiger partial charge in [-0.1, -0.05) is 6.92 Å². The van der Waals surface area contributed by atoms with Crippen LogP contribution in [0.3, 0.4) is 0 Å². The van der Waals surface area contributed by atoms with E-state index in [1.54, 1.807) is 0 Å². The second kappa shape index (κ2) is 7.37. The molecule has 2 aliphatic rings. The Bertz CT molecular complexity index is 1190. The van der Waals surface area contributed by atoms with Crippen molar-refractivity contribution in [3.05, 3.63) is 54.7 Å². The highest BCUT2D eigenvalue weighted by molar-refractivity contribution is 5.64. The molecule has 0 spiro atoms. The van der Waals surface area contributed by atoms with Crippen LogP contribution in [-0.4, -0.2) is 55.7 Å². The van der Waals surface area contributed by atoms with Crippen molar-refractivity contribution >= 4 is 17.3 Å². The van der Waals surface area contributed by atoms with Crippen LogP contribution in [-0.2, 0) is 0 Å². The molecule has 6 rings (SSSR count). The highest BCUT2D eigenvalue weighted by Crippen LogP contribution is 2.32. The summed E-state index contributed by atoms with van der Waals surface area (Å²) < 4.78 is 2.15. The first-order valence-corrected chi connectivity index (χ1v) is 11.0. The van der Waals surface area contributed by atoms with Crippen molar-refractivity contribution < 1.29 is 0 Å². The molecule has 4 aromatic heterocycles. The van der Waals surface area contributed by atoms with Crippen molar-refractivity contribution in [3.63, 3.8) is 0 Å². The lowest BCUT2D eigenvalue weighted by atomic mass is 9.87. The fourth-order valence-corrected chi connectivity index (χ4v) is 4.80. The Kier molecular flexibility index (Phi) is 4.36. The molecule has 0 bridgehead atoms. The van der Waals surface area contributed by atoms with Crippen LogP contribution in [0.4, 0.5) is 11.6 Å². The summed E-state index contributed by atoms with van der Waals surface area (Å²) in [6.45, 7) is 6.41. The Balaban J connectivity index is 1.33. The van der Waals surface area contributed by atoms with Crippen molar-refractivity contribution in [2.24, 2.45) is 5.92 Å². The van der Waals surface area contributed by atoms with Crippen molar-refractivity contribution in [1.29, 1.82) is 0 Å². The van der Waals surface area contributed by atoms with E-state index in [9.17, 15) is 0 Å². The monoisotopic (exact) mass is 414 g/mol. The number of nitrogens with one attached hydrogen (secondary N) is 1. The Morgan fingerprint density at radius 3 is 2.77 bits per heavy atom. The van der Waals surface area contributed by atoms with Crippen LogP contribution in [0.1, 0.15) is 31.2 Å². The number of anilines is 2. The van der Waals surface area contributed by atoms with E-state index in [0.29, 0.717) is 11.8 Å². The minimum absolute atomic E-state index is 0.435. The Morgan fingerprint density at radius 2 is 1.97 bits per heavy atom. The smallest absolute Gasteiger partial charge is 0.225 e. The van der Waals surface area contributed by atoms with Crippen molar-refractivity contribution in [2.45, 2.75) is 25.7 Å². The molecular weight excluding hydrogens is 388 g/mol. The summed E-state index contributed by atoms with van der Waals surface area (Å²) in [4.78, 5) is 18.9. The molecule has 0 amide bonds. The summed E-state index contributed by atoms with van der Waals surface area (Å²) in [7, 11) is 0. The fraction of sp³-hybridized carbons (Fsp3) is 0.391. The Hall–Kier alpha value is -3.42. The lowest BCUT2D eigenvalue weighted by Crippen LogP contribution is -2.39. The number of pyridine rings is 1. The van der Waals surface area contributed by atoms with Crippen molar-refractivity contribution in [2.75, 3.05) is 36.0 Å². The second-order valence-electron chi connectivity index (χ2n) is 8.82. The summed E-state index contributed by atoms with van der Waals surface area (Å²) in [6.07, 6.45) is 12.3. The summed E-state index contributed by atoms with van der Waals surface area (Å²) >= 11 is 0. The standard InChI is InChI=1S/C23H26N8/c1-16-9-17(18-10-26-27-11-18)14-30(13-16)23-24-6-5-20(28-23)21-12-25-22-4-3-19(15-31(21)22)29-7-2-8-29/h3-6,10-12,15-17H,2,7-9,13-14H2,1H3,(H,26,27)/t16-,17+/m1/s1. The van der Waals surface area contributed by atoms with Crippen LogP contribution >= 0.6 is 0 Å². The summed E-state index contributed by atoms with van der Waals surface area (Å²) in [6, 6.07) is 6.22. The predicted molar refractivity (Wildman–Crippen MR) is 120 cm³/mol. The first-order chi connectivity index (χ1) is 15.2. The van der Waals surface area contributed by atoms with Gasteiger partial charge in [-0.25, -0.2) is 15.0 Å². The molecule has 0 unspecified atom stereocenters. The third kappa shape index (κ3) is 3.32. The van der Waals surface area contributed by atoms with Gasteiger partial charge < -0.3 is 9.80 Å². The number of H-pyrrole nitrogens is 1. The van der Waals surface area contributed by atoms with E-state index in [-0.39, 0.29) is 0 Å². The van der Waals surface area contributed by atoms with E-state index in [0.717, 1.165) is 55.6 Å². The lowest BCUT2D eigenvalue weighted by Gasteiger charge is -2.36. The van der Waals surface area contributed by atoms with Gasteiger partial charge in [-0.2, -0.15) is 5.10 Å². The third-order valence-electron chi connectivity index (χ3n) is 6.55. The molecule has 8 heteroatoms. The van der Waals surface area contributed by atoms with Crippen LogP contribution in [0.15, 0.2) is 49.2 Å². The van der Waals surface area contributed by atoms with Gasteiger partial charge in [0.1, 0.15) is 5.65 Å². The lowest BCUT2D eigenvalue weighted by molar-refractivity contribution is 0.398. The van der Waals surface area contributed by atoms with E-state index >= 15 is 0 Å². The fourth-order valence-electron chi connectivity index (χ4n) is 4.80. The maximum Gasteiger partial charge on any atom is 0.225 e. The molecule has 2 saturated heterocycles. The zero-order valence-electron chi connectivity index (χ0n) is 17.6. The SMILES string of the molecule is C[C@@H]1C[C@H](c2cn[nH]c2)CN(c2nccc(-c3cnc4ccc(N5CCC5)cn34)n2)C1. The van der Waals surface area contributed by atoms with Gasteiger partial charge in [-0.05, 0) is 42.5 Å². The van der Waals surface area contributed by atoms with Crippen molar-refractivity contribution in [3.8, 4) is 11.4 Å². The van der Waals surface area contributed by atoms with E-state index in [1.165, 1.54) is 17.7 Å². The van der Waals surface area contributed by atoms with Crippen LogP contribution in [0.2, 0.25) is 0 Å². The van der Waals surface area contributed by atoms with Crippen molar-refractivity contribution in [1.82, 2.24) is 29.5 Å². The normalized spacial score (nSPS) is 21.5. The first kappa shape index (κ1) is 18.4. The molecule has 4 aromatic rings. The average Bonchev–Trinajstić information content (AvgIpc) is 3.42. The van der Waals surface area contributed by atoms with Gasteiger partial charge in [0, 0.05) is 50.7 Å². The largest absolute Gasteiger partial charge is 0.370 e. The number of aromatic nitrogens is 6. The first-order valence-electron chi connectivity index (χ1n) is 11.0. The Morgan fingerprint density at radius 1 is 1.03 bits per heavy atom. The molecule has 1 N–H and O–H groups in total. The maximum atomic E-state index is 4.96. The van der Waals surface area contributed by atoms with Gasteiger partial charge in [-0.15, -0.1) is 0 Å². The summed E-state index contributed by atoms with van der Waals surface area (Å²) in [5, 5.41) is 7.09. The zero-order valence-corrected chi connectivity index (χ0v) is 17.6. The summed E-state index contributed by atoms with van der Waals surface area (Å²) in [5.74, 6) is 1.78. The van der Waals surface area contributed by atoms with Gasteiger partial charge in [0.05, 0.1) is 29.5 Å². The molecular formula is C23H26N8. The number of fused-ring (bicyclic) bond motifs is 1. The van der Waals surface area contributed by atoms with Crippen LogP contribution in [0.5, 0.6) is 0 Å². The molecule has 8 nitrogen and oxygen atoms in total. The molecule has 0 aromatic carbocycles. The number of aromatic amines is 1. The van der Waals surface area contributed by atoms with Gasteiger partial charge >= 0.3 is 0 Å². The maximum absolute atomic E-state index is 4.96. The average molecular weight is 415 g/mol. The summed E-state index contributed by atoms with van der Waals surface area (Å²) in [5.41, 5.74) is 5.33. The van der Waals surface area contributed by atoms with E-state index in [1.807, 2.05) is 30.9 Å². The highest BCUT2D eigenvalue weighted by Gasteiger charge is 2.28. The number of nitrogens with zero attached hydrogens (tertiary/aromatic N) is 7. The Labute approximate surface area is 181 Å². The molecule has 0 radical (unpaired) electrons. The van der Waals surface area contributed by atoms with Crippen LogP contribution in [0, 0.1) is 5.92 Å². The highest BCUT2D eigenvalue weighted by atomic mass is 15.3. The van der Waals surface area contributed by atoms with Gasteiger partial charge in [0.25, 0.3) is 0 Å². The van der Waals surface area contributed by atoms with Crippen LogP contribution in [0.25, 0.3) is 17.0 Å². The van der Waals surface area contributed by atoms with E-state index < -0.39 is 0 Å². The third-order valence-corrected chi connectivity index (χ3v) is 6.55. The number of imidazole rings is 1. The zero-order chi connectivity index (χ0) is 20.8. The number of rotatable bonds is 4. The molecule has 0 saturated carbocycles. The van der Waals surface area contributed by atoms with Gasteiger partial charge in [0.15, 0.2) is 0 Å². The number of hydrogen-bond donors (Lipinski definition) is 1. The van der Waals surface area contributed by atoms with Crippen LogP contribution < -0.4 is 9.80 Å². The molecule has 2 atom stereocenters. The van der Waals surface area contributed by atoms with E-state index in [2.05, 4.69) is 59.6 Å². The van der Waals surface area contributed by atoms with Gasteiger partial charge in [0.2, 0.25) is 5.95 Å². The van der Waals surface area contributed by atoms with E-state index in [4.69, 9.17) is 4.98 Å². The molecule has 2 fully saturated rings. The molecule has 0 aliphatic carbocycles.